The van der Waals surface area contributed by atoms with Gasteiger partial charge in [0.2, 0.25) is 0 Å². The molecule has 0 spiro atoms. The molecule has 0 bridgehead atoms. The highest BCUT2D eigenvalue weighted by Gasteiger charge is 2.04. The van der Waals surface area contributed by atoms with Gasteiger partial charge in [-0.25, -0.2) is 0 Å². The van der Waals surface area contributed by atoms with Gasteiger partial charge in [-0.15, -0.1) is 0 Å². The highest BCUT2D eigenvalue weighted by Crippen LogP contribution is 2.25. The van der Waals surface area contributed by atoms with E-state index >= 15 is 0 Å². The van der Waals surface area contributed by atoms with Crippen LogP contribution in [0.25, 0.3) is 10.8 Å². The Bertz CT molecular complexity index is 746. The van der Waals surface area contributed by atoms with Crippen molar-refractivity contribution in [3.63, 3.8) is 0 Å². The van der Waals surface area contributed by atoms with Gasteiger partial charge < -0.3 is 10.1 Å². The zero-order chi connectivity index (χ0) is 15.2. The molecule has 0 radical (unpaired) electrons. The Morgan fingerprint density at radius 3 is 2.55 bits per heavy atom. The number of ether oxygens (including phenoxy) is 1. The lowest BCUT2D eigenvalue weighted by Gasteiger charge is -2.13. The number of hydrogen-bond donors (Lipinski definition) is 1. The Morgan fingerprint density at radius 2 is 1.64 bits per heavy atom. The van der Waals surface area contributed by atoms with E-state index in [1.54, 1.807) is 0 Å². The second-order valence-electron chi connectivity index (χ2n) is 5.34. The SMILES string of the molecule is CCCOc1ccccc1CNc1cccc2ccccc12. The molecule has 0 aliphatic heterocycles. The molecular weight excluding hydrogens is 270 g/mol. The maximum absolute atomic E-state index is 5.82. The van der Waals surface area contributed by atoms with E-state index in [2.05, 4.69) is 66.8 Å². The third kappa shape index (κ3) is 3.22. The van der Waals surface area contributed by atoms with E-state index in [0.29, 0.717) is 0 Å². The fourth-order valence-electron chi connectivity index (χ4n) is 2.57. The van der Waals surface area contributed by atoms with Crippen molar-refractivity contribution in [1.82, 2.24) is 0 Å². The van der Waals surface area contributed by atoms with E-state index in [1.807, 2.05) is 12.1 Å². The van der Waals surface area contributed by atoms with Crippen molar-refractivity contribution in [2.45, 2.75) is 19.9 Å². The molecule has 0 fully saturated rings. The van der Waals surface area contributed by atoms with E-state index < -0.39 is 0 Å². The number of hydrogen-bond acceptors (Lipinski definition) is 2. The molecule has 2 heteroatoms. The van der Waals surface area contributed by atoms with E-state index in [0.717, 1.165) is 31.0 Å². The molecule has 0 unspecified atom stereocenters. The Balaban J connectivity index is 1.80. The number of fused-ring (bicyclic) bond motifs is 1. The predicted molar refractivity (Wildman–Crippen MR) is 93.5 cm³/mol. The van der Waals surface area contributed by atoms with Crippen LogP contribution in [-0.4, -0.2) is 6.61 Å². The van der Waals surface area contributed by atoms with Gasteiger partial charge in [-0.1, -0.05) is 61.5 Å². The van der Waals surface area contributed by atoms with Crippen LogP contribution in [0.5, 0.6) is 5.75 Å². The molecule has 0 saturated heterocycles. The van der Waals surface area contributed by atoms with E-state index in [9.17, 15) is 0 Å². The van der Waals surface area contributed by atoms with Gasteiger partial charge in [0, 0.05) is 23.2 Å². The number of para-hydroxylation sites is 1. The van der Waals surface area contributed by atoms with E-state index in [4.69, 9.17) is 4.74 Å². The molecule has 3 rings (SSSR count). The highest BCUT2D eigenvalue weighted by atomic mass is 16.5. The van der Waals surface area contributed by atoms with Crippen molar-refractivity contribution >= 4 is 16.5 Å². The predicted octanol–water partition coefficient (Wildman–Crippen LogP) is 5.24. The summed E-state index contributed by atoms with van der Waals surface area (Å²) in [6.45, 7) is 3.64. The topological polar surface area (TPSA) is 21.3 Å². The van der Waals surface area contributed by atoms with Gasteiger partial charge in [-0.3, -0.25) is 0 Å². The molecule has 0 heterocycles. The van der Waals surface area contributed by atoms with Crippen LogP contribution in [0, 0.1) is 0 Å². The molecule has 22 heavy (non-hydrogen) atoms. The van der Waals surface area contributed by atoms with Crippen molar-refractivity contribution in [2.75, 3.05) is 11.9 Å². The van der Waals surface area contributed by atoms with Gasteiger partial charge >= 0.3 is 0 Å². The van der Waals surface area contributed by atoms with Crippen molar-refractivity contribution in [1.29, 1.82) is 0 Å². The summed E-state index contributed by atoms with van der Waals surface area (Å²) in [6, 6.07) is 23.0. The molecule has 2 nitrogen and oxygen atoms in total. The lowest BCUT2D eigenvalue weighted by atomic mass is 10.1. The molecule has 0 saturated carbocycles. The molecule has 1 N–H and O–H groups in total. The second-order valence-corrected chi connectivity index (χ2v) is 5.34. The largest absolute Gasteiger partial charge is 0.493 e. The lowest BCUT2D eigenvalue weighted by Crippen LogP contribution is -2.04. The van der Waals surface area contributed by atoms with Crippen LogP contribution in [0.2, 0.25) is 0 Å². The Hall–Kier alpha value is -2.48. The lowest BCUT2D eigenvalue weighted by molar-refractivity contribution is 0.314. The van der Waals surface area contributed by atoms with E-state index in [1.165, 1.54) is 16.3 Å². The van der Waals surface area contributed by atoms with Crippen LogP contribution in [0.3, 0.4) is 0 Å². The van der Waals surface area contributed by atoms with Crippen LogP contribution in [0.1, 0.15) is 18.9 Å². The molecule has 0 aliphatic rings. The minimum atomic E-state index is 0.755. The fourth-order valence-corrected chi connectivity index (χ4v) is 2.57. The van der Waals surface area contributed by atoms with Gasteiger partial charge in [-0.2, -0.15) is 0 Å². The summed E-state index contributed by atoms with van der Waals surface area (Å²) in [7, 11) is 0. The first-order chi connectivity index (χ1) is 10.9. The molecule has 0 amide bonds. The van der Waals surface area contributed by atoms with Gasteiger partial charge in [0.1, 0.15) is 5.75 Å². The van der Waals surface area contributed by atoms with Gasteiger partial charge in [0.05, 0.1) is 6.61 Å². The summed E-state index contributed by atoms with van der Waals surface area (Å²) >= 11 is 0. The van der Waals surface area contributed by atoms with Crippen LogP contribution >= 0.6 is 0 Å². The maximum atomic E-state index is 5.82. The zero-order valence-corrected chi connectivity index (χ0v) is 12.9. The molecule has 112 valence electrons. The van der Waals surface area contributed by atoms with Crippen LogP contribution < -0.4 is 10.1 Å². The normalized spacial score (nSPS) is 10.6. The van der Waals surface area contributed by atoms with Crippen molar-refractivity contribution < 1.29 is 4.74 Å². The van der Waals surface area contributed by atoms with Crippen LogP contribution in [0.15, 0.2) is 66.7 Å². The molecule has 0 aromatic heterocycles. The monoisotopic (exact) mass is 291 g/mol. The quantitative estimate of drug-likeness (QED) is 0.670. The Labute approximate surface area is 131 Å². The summed E-state index contributed by atoms with van der Waals surface area (Å²) in [6.07, 6.45) is 1.02. The fraction of sp³-hybridized carbons (Fsp3) is 0.200. The first-order valence-corrected chi connectivity index (χ1v) is 7.81. The summed E-state index contributed by atoms with van der Waals surface area (Å²) in [5.74, 6) is 0.970. The average molecular weight is 291 g/mol. The minimum Gasteiger partial charge on any atom is -0.493 e. The molecular formula is C20H21NO. The average Bonchev–Trinajstić information content (AvgIpc) is 2.59. The summed E-state index contributed by atoms with van der Waals surface area (Å²) in [5.41, 5.74) is 2.34. The molecule has 3 aromatic carbocycles. The first-order valence-electron chi connectivity index (χ1n) is 7.81. The van der Waals surface area contributed by atoms with Crippen LogP contribution in [0.4, 0.5) is 5.69 Å². The van der Waals surface area contributed by atoms with Gasteiger partial charge in [0.15, 0.2) is 0 Å². The maximum Gasteiger partial charge on any atom is 0.124 e. The zero-order valence-electron chi connectivity index (χ0n) is 12.9. The first kappa shape index (κ1) is 14.5. The number of nitrogens with one attached hydrogen (secondary N) is 1. The summed E-state index contributed by atoms with van der Waals surface area (Å²) in [4.78, 5) is 0. The Morgan fingerprint density at radius 1 is 0.864 bits per heavy atom. The highest BCUT2D eigenvalue weighted by molar-refractivity contribution is 5.93. The van der Waals surface area contributed by atoms with Gasteiger partial charge in [-0.05, 0) is 23.9 Å². The summed E-state index contributed by atoms with van der Waals surface area (Å²) in [5, 5.41) is 6.04. The Kier molecular flexibility index (Phi) is 4.59. The third-order valence-electron chi connectivity index (χ3n) is 3.69. The van der Waals surface area contributed by atoms with Crippen molar-refractivity contribution in [3.05, 3.63) is 72.3 Å². The molecule has 3 aromatic rings. The number of anilines is 1. The molecule has 0 aliphatic carbocycles. The van der Waals surface area contributed by atoms with Crippen molar-refractivity contribution in [2.24, 2.45) is 0 Å². The smallest absolute Gasteiger partial charge is 0.124 e. The van der Waals surface area contributed by atoms with Crippen molar-refractivity contribution in [3.8, 4) is 5.75 Å². The van der Waals surface area contributed by atoms with Crippen LogP contribution in [-0.2, 0) is 6.54 Å². The van der Waals surface area contributed by atoms with Gasteiger partial charge in [0.25, 0.3) is 0 Å². The second kappa shape index (κ2) is 6.99. The minimum absolute atomic E-state index is 0.755. The standard InChI is InChI=1S/C20H21NO/c1-2-14-22-20-13-6-4-9-17(20)15-21-19-12-7-10-16-8-3-5-11-18(16)19/h3-13,21H,2,14-15H2,1H3. The third-order valence-corrected chi connectivity index (χ3v) is 3.69. The summed E-state index contributed by atoms with van der Waals surface area (Å²) < 4.78 is 5.82. The number of rotatable bonds is 6. The number of benzene rings is 3. The molecule has 0 atom stereocenters. The van der Waals surface area contributed by atoms with E-state index in [-0.39, 0.29) is 0 Å².